The highest BCUT2D eigenvalue weighted by Gasteiger charge is 2.32. The molecular formula is C16H15F3N2O2. The average molecular weight is 324 g/mol. The number of nitrogens with one attached hydrogen (secondary N) is 1. The van der Waals surface area contributed by atoms with Crippen LogP contribution in [-0.4, -0.2) is 17.9 Å². The molecule has 2 amide bonds. The van der Waals surface area contributed by atoms with Crippen molar-refractivity contribution in [2.24, 2.45) is 11.7 Å². The number of hydrogen-bond acceptors (Lipinski definition) is 2. The molecule has 1 aliphatic carbocycles. The lowest BCUT2D eigenvalue weighted by molar-refractivity contribution is -0.137. The molecule has 1 aromatic rings. The summed E-state index contributed by atoms with van der Waals surface area (Å²) in [7, 11) is 0. The molecule has 3 N–H and O–H groups in total. The molecule has 0 heterocycles. The molecule has 23 heavy (non-hydrogen) atoms. The van der Waals surface area contributed by atoms with Crippen molar-refractivity contribution >= 4 is 11.8 Å². The lowest BCUT2D eigenvalue weighted by Gasteiger charge is -2.16. The van der Waals surface area contributed by atoms with Crippen molar-refractivity contribution in [2.45, 2.75) is 31.5 Å². The lowest BCUT2D eigenvalue weighted by atomic mass is 10.0. The fraction of sp³-hybridized carbons (Fsp3) is 0.375. The van der Waals surface area contributed by atoms with Crippen LogP contribution in [0.3, 0.4) is 0 Å². The molecule has 122 valence electrons. The van der Waals surface area contributed by atoms with Crippen LogP contribution >= 0.6 is 0 Å². The van der Waals surface area contributed by atoms with Gasteiger partial charge < -0.3 is 11.1 Å². The summed E-state index contributed by atoms with van der Waals surface area (Å²) in [6, 6.07) is 3.88. The molecule has 7 heteroatoms. The molecule has 1 aliphatic rings. The Morgan fingerprint density at radius 3 is 2.39 bits per heavy atom. The Hall–Kier alpha value is -2.49. The molecule has 0 aliphatic heterocycles. The van der Waals surface area contributed by atoms with Crippen LogP contribution in [-0.2, 0) is 15.8 Å². The van der Waals surface area contributed by atoms with E-state index in [1.54, 1.807) is 0 Å². The van der Waals surface area contributed by atoms with Crippen molar-refractivity contribution in [2.75, 3.05) is 0 Å². The third-order valence-electron chi connectivity index (χ3n) is 3.73. The van der Waals surface area contributed by atoms with Gasteiger partial charge in [0.2, 0.25) is 5.91 Å². The Kier molecular flexibility index (Phi) is 4.94. The fourth-order valence-electron chi connectivity index (χ4n) is 2.55. The van der Waals surface area contributed by atoms with E-state index in [0.717, 1.165) is 18.6 Å². The van der Waals surface area contributed by atoms with E-state index >= 15 is 0 Å². The van der Waals surface area contributed by atoms with Crippen LogP contribution in [0, 0.1) is 17.8 Å². The maximum absolute atomic E-state index is 12.4. The first-order valence-electron chi connectivity index (χ1n) is 7.06. The molecule has 0 saturated heterocycles. The summed E-state index contributed by atoms with van der Waals surface area (Å²) in [5, 5.41) is 2.62. The second-order valence-electron chi connectivity index (χ2n) is 5.34. The van der Waals surface area contributed by atoms with E-state index in [0.29, 0.717) is 18.4 Å². The monoisotopic (exact) mass is 324 g/mol. The van der Waals surface area contributed by atoms with Gasteiger partial charge in [0.1, 0.15) is 0 Å². The van der Waals surface area contributed by atoms with Crippen molar-refractivity contribution in [3.63, 3.8) is 0 Å². The molecule has 0 unspecified atom stereocenters. The second kappa shape index (κ2) is 6.73. The van der Waals surface area contributed by atoms with Crippen LogP contribution in [0.4, 0.5) is 13.2 Å². The number of hydrogen-bond donors (Lipinski definition) is 2. The van der Waals surface area contributed by atoms with Crippen molar-refractivity contribution in [1.82, 2.24) is 5.32 Å². The van der Waals surface area contributed by atoms with E-state index < -0.39 is 29.5 Å². The Labute approximate surface area is 131 Å². The van der Waals surface area contributed by atoms with Crippen LogP contribution < -0.4 is 11.1 Å². The molecule has 4 nitrogen and oxygen atoms in total. The van der Waals surface area contributed by atoms with Crippen molar-refractivity contribution in [3.8, 4) is 11.8 Å². The predicted octanol–water partition coefficient (Wildman–Crippen LogP) is 1.83. The number of carbonyl (C=O) groups excluding carboxylic acids is 2. The summed E-state index contributed by atoms with van der Waals surface area (Å²) >= 11 is 0. The number of primary amides is 1. The number of alkyl halides is 3. The van der Waals surface area contributed by atoms with Crippen LogP contribution in [0.1, 0.15) is 30.4 Å². The van der Waals surface area contributed by atoms with Gasteiger partial charge in [-0.3, -0.25) is 9.59 Å². The summed E-state index contributed by atoms with van der Waals surface area (Å²) in [5.74, 6) is 3.37. The van der Waals surface area contributed by atoms with Gasteiger partial charge in [-0.25, -0.2) is 0 Å². The molecule has 0 spiro atoms. The van der Waals surface area contributed by atoms with Gasteiger partial charge in [0.15, 0.2) is 0 Å². The molecular weight excluding hydrogens is 309 g/mol. The first-order valence-corrected chi connectivity index (χ1v) is 7.06. The van der Waals surface area contributed by atoms with Gasteiger partial charge in [-0.2, -0.15) is 13.2 Å². The van der Waals surface area contributed by atoms with Gasteiger partial charge in [-0.1, -0.05) is 12.3 Å². The highest BCUT2D eigenvalue weighted by molar-refractivity contribution is 5.94. The van der Waals surface area contributed by atoms with E-state index in [1.807, 2.05) is 0 Å². The third kappa shape index (κ3) is 4.49. The van der Waals surface area contributed by atoms with E-state index in [4.69, 9.17) is 5.73 Å². The maximum Gasteiger partial charge on any atom is 0.416 e. The van der Waals surface area contributed by atoms with Gasteiger partial charge in [0.25, 0.3) is 5.91 Å². The molecule has 1 saturated carbocycles. The van der Waals surface area contributed by atoms with Crippen molar-refractivity contribution in [1.29, 1.82) is 0 Å². The maximum atomic E-state index is 12.4. The molecule has 2 atom stereocenters. The Morgan fingerprint density at radius 1 is 1.17 bits per heavy atom. The molecule has 0 radical (unpaired) electrons. The molecule has 0 bridgehead atoms. The van der Waals surface area contributed by atoms with E-state index in [2.05, 4.69) is 17.2 Å². The first kappa shape index (κ1) is 16.9. The summed E-state index contributed by atoms with van der Waals surface area (Å²) < 4.78 is 37.3. The number of benzene rings is 1. The zero-order chi connectivity index (χ0) is 17.0. The third-order valence-corrected chi connectivity index (χ3v) is 3.73. The highest BCUT2D eigenvalue weighted by atomic mass is 19.4. The normalized spacial score (nSPS) is 20.5. The van der Waals surface area contributed by atoms with E-state index in [9.17, 15) is 22.8 Å². The van der Waals surface area contributed by atoms with Crippen molar-refractivity contribution < 1.29 is 22.8 Å². The molecule has 0 aromatic heterocycles. The molecule has 1 aromatic carbocycles. The fourth-order valence-corrected chi connectivity index (χ4v) is 2.55. The predicted molar refractivity (Wildman–Crippen MR) is 76.8 cm³/mol. The van der Waals surface area contributed by atoms with Crippen LogP contribution in [0.15, 0.2) is 24.3 Å². The minimum atomic E-state index is -4.41. The Bertz CT molecular complexity index is 657. The van der Waals surface area contributed by atoms with Gasteiger partial charge in [-0.15, -0.1) is 0 Å². The summed E-state index contributed by atoms with van der Waals surface area (Å²) in [4.78, 5) is 23.0. The minimum Gasteiger partial charge on any atom is -0.369 e. The number of carbonyl (C=O) groups is 2. The summed E-state index contributed by atoms with van der Waals surface area (Å²) in [6.45, 7) is 0. The zero-order valence-corrected chi connectivity index (χ0v) is 12.1. The smallest absolute Gasteiger partial charge is 0.369 e. The van der Waals surface area contributed by atoms with E-state index in [-0.39, 0.29) is 6.04 Å². The summed E-state index contributed by atoms with van der Waals surface area (Å²) in [6.07, 6.45) is -2.33. The average Bonchev–Trinajstić information content (AvgIpc) is 2.93. The van der Waals surface area contributed by atoms with Gasteiger partial charge >= 0.3 is 6.18 Å². The number of nitrogens with two attached hydrogens (primary N) is 1. The van der Waals surface area contributed by atoms with Gasteiger partial charge in [-0.05, 0) is 37.1 Å². The second-order valence-corrected chi connectivity index (χ2v) is 5.34. The number of halogens is 3. The quantitative estimate of drug-likeness (QED) is 0.815. The topological polar surface area (TPSA) is 72.2 Å². The van der Waals surface area contributed by atoms with Crippen LogP contribution in [0.5, 0.6) is 0 Å². The molecule has 2 rings (SSSR count). The van der Waals surface area contributed by atoms with Gasteiger partial charge in [0, 0.05) is 17.5 Å². The Morgan fingerprint density at radius 2 is 1.83 bits per heavy atom. The number of amides is 2. The number of rotatable bonds is 2. The summed E-state index contributed by atoms with van der Waals surface area (Å²) in [5.41, 5.74) is 4.78. The largest absolute Gasteiger partial charge is 0.416 e. The van der Waals surface area contributed by atoms with E-state index in [1.165, 1.54) is 12.1 Å². The minimum absolute atomic E-state index is 0.297. The Balaban J connectivity index is 1.98. The highest BCUT2D eigenvalue weighted by Crippen LogP contribution is 2.29. The lowest BCUT2D eigenvalue weighted by Crippen LogP contribution is -2.41. The first-order chi connectivity index (χ1) is 10.8. The van der Waals surface area contributed by atoms with Crippen LogP contribution in [0.25, 0.3) is 0 Å². The van der Waals surface area contributed by atoms with Gasteiger partial charge in [0.05, 0.1) is 11.5 Å². The SMILES string of the molecule is NC(=O)[C@H]1CCC[C@H]1NC(=O)C#Cc1ccc(C(F)(F)F)cc1. The standard InChI is InChI=1S/C16H15F3N2O2/c17-16(18,19)11-7-4-10(5-8-11)6-9-14(22)21-13-3-1-2-12(13)15(20)23/h4-5,7-8,12-13H,1-3H2,(H2,20,23)(H,21,22)/t12-,13+/m0/s1. The van der Waals surface area contributed by atoms with Crippen LogP contribution in [0.2, 0.25) is 0 Å². The molecule has 1 fully saturated rings. The van der Waals surface area contributed by atoms with Crippen molar-refractivity contribution in [3.05, 3.63) is 35.4 Å². The zero-order valence-electron chi connectivity index (χ0n) is 12.1.